The zero-order chi connectivity index (χ0) is 13.0. The molecule has 0 aliphatic rings. The Morgan fingerprint density at radius 1 is 1.22 bits per heavy atom. The second kappa shape index (κ2) is 5.98. The number of aromatic nitrogens is 1. The smallest absolute Gasteiger partial charge is 0.133 e. The first-order valence-corrected chi connectivity index (χ1v) is 6.57. The molecule has 0 aliphatic heterocycles. The first-order chi connectivity index (χ1) is 8.65. The van der Waals surface area contributed by atoms with Gasteiger partial charge in [-0.1, -0.05) is 28.1 Å². The van der Waals surface area contributed by atoms with E-state index in [1.54, 1.807) is 6.07 Å². The number of nitrogens with zero attached hydrogens (tertiary/aromatic N) is 1. The second-order valence-electron chi connectivity index (χ2n) is 4.16. The van der Waals surface area contributed by atoms with E-state index in [9.17, 15) is 0 Å². The summed E-state index contributed by atoms with van der Waals surface area (Å²) in [6.45, 7) is 2.79. The van der Waals surface area contributed by atoms with Crippen LogP contribution in [0.1, 0.15) is 24.2 Å². The van der Waals surface area contributed by atoms with Crippen LogP contribution in [0.2, 0.25) is 0 Å². The Morgan fingerprint density at radius 3 is 2.56 bits per heavy atom. The lowest BCUT2D eigenvalue weighted by molar-refractivity contribution is 0.471. The lowest BCUT2D eigenvalue weighted by Gasteiger charge is -2.14. The minimum atomic E-state index is 0.194. The molecule has 0 radical (unpaired) electrons. The van der Waals surface area contributed by atoms with Gasteiger partial charge in [0.15, 0.2) is 0 Å². The van der Waals surface area contributed by atoms with Crippen LogP contribution in [0.3, 0.4) is 0 Å². The van der Waals surface area contributed by atoms with Crippen molar-refractivity contribution in [3.63, 3.8) is 0 Å². The van der Waals surface area contributed by atoms with Crippen LogP contribution in [-0.2, 0) is 6.54 Å². The number of rotatable bonds is 4. The third-order valence-electron chi connectivity index (χ3n) is 2.77. The van der Waals surface area contributed by atoms with Gasteiger partial charge in [-0.25, -0.2) is 0 Å². The van der Waals surface area contributed by atoms with Gasteiger partial charge in [0, 0.05) is 17.1 Å². The Balaban J connectivity index is 1.93. The number of nitrogens with one attached hydrogen (secondary N) is 1. The lowest BCUT2D eigenvalue weighted by atomic mass is 10.1. The summed E-state index contributed by atoms with van der Waals surface area (Å²) in [5.74, 6) is 0.194. The van der Waals surface area contributed by atoms with Gasteiger partial charge in [0.25, 0.3) is 0 Å². The average molecular weight is 307 g/mol. The highest BCUT2D eigenvalue weighted by Gasteiger charge is 2.05. The van der Waals surface area contributed by atoms with Gasteiger partial charge < -0.3 is 10.4 Å². The first-order valence-electron chi connectivity index (χ1n) is 5.78. The van der Waals surface area contributed by atoms with Gasteiger partial charge >= 0.3 is 0 Å². The van der Waals surface area contributed by atoms with Crippen molar-refractivity contribution >= 4 is 15.9 Å². The number of halogens is 1. The van der Waals surface area contributed by atoms with Crippen LogP contribution < -0.4 is 5.32 Å². The number of hydrogen-bond acceptors (Lipinski definition) is 3. The van der Waals surface area contributed by atoms with Gasteiger partial charge in [-0.05, 0) is 36.8 Å². The Bertz CT molecular complexity index is 496. The highest BCUT2D eigenvalue weighted by Crippen LogP contribution is 2.17. The minimum Gasteiger partial charge on any atom is -0.506 e. The summed E-state index contributed by atoms with van der Waals surface area (Å²) >= 11 is 3.42. The van der Waals surface area contributed by atoms with E-state index >= 15 is 0 Å². The van der Waals surface area contributed by atoms with Crippen molar-refractivity contribution in [1.29, 1.82) is 0 Å². The molecule has 0 saturated carbocycles. The van der Waals surface area contributed by atoms with E-state index in [0.717, 1.165) is 10.2 Å². The van der Waals surface area contributed by atoms with Gasteiger partial charge in [-0.15, -0.1) is 0 Å². The fraction of sp³-hybridized carbons (Fsp3) is 0.214. The predicted octanol–water partition coefficient (Wildman–Crippen LogP) is 3.40. The van der Waals surface area contributed by atoms with Gasteiger partial charge in [-0.2, -0.15) is 0 Å². The minimum absolute atomic E-state index is 0.194. The van der Waals surface area contributed by atoms with Crippen molar-refractivity contribution < 1.29 is 5.11 Å². The maximum atomic E-state index is 9.15. The molecular formula is C14H15BrN2O. The fourth-order valence-electron chi connectivity index (χ4n) is 1.65. The summed E-state index contributed by atoms with van der Waals surface area (Å²) < 4.78 is 1.08. The molecule has 0 spiro atoms. The monoisotopic (exact) mass is 306 g/mol. The average Bonchev–Trinajstić information content (AvgIpc) is 2.38. The zero-order valence-electron chi connectivity index (χ0n) is 10.1. The fourth-order valence-corrected chi connectivity index (χ4v) is 1.91. The quantitative estimate of drug-likeness (QED) is 0.910. The maximum Gasteiger partial charge on any atom is 0.133 e. The molecule has 2 N–H and O–H groups in total. The molecule has 18 heavy (non-hydrogen) atoms. The highest BCUT2D eigenvalue weighted by molar-refractivity contribution is 9.10. The molecule has 3 nitrogen and oxygen atoms in total. The number of aromatic hydroxyl groups is 1. The molecule has 94 valence electrons. The zero-order valence-corrected chi connectivity index (χ0v) is 11.7. The Labute approximate surface area is 115 Å². The van der Waals surface area contributed by atoms with Crippen molar-refractivity contribution in [3.8, 4) is 5.75 Å². The van der Waals surface area contributed by atoms with E-state index in [4.69, 9.17) is 5.11 Å². The third-order valence-corrected chi connectivity index (χ3v) is 3.30. The van der Waals surface area contributed by atoms with Crippen molar-refractivity contribution in [2.75, 3.05) is 0 Å². The van der Waals surface area contributed by atoms with E-state index in [1.165, 1.54) is 11.8 Å². The topological polar surface area (TPSA) is 45.1 Å². The molecule has 0 fully saturated rings. The predicted molar refractivity (Wildman–Crippen MR) is 75.3 cm³/mol. The SMILES string of the molecule is C[C@H](NCc1ccc(O)cn1)c1ccc(Br)cc1. The summed E-state index contributed by atoms with van der Waals surface area (Å²) in [5, 5.41) is 12.5. The molecule has 1 aromatic carbocycles. The molecule has 0 bridgehead atoms. The molecule has 2 rings (SSSR count). The van der Waals surface area contributed by atoms with Crippen molar-refractivity contribution in [3.05, 3.63) is 58.3 Å². The molecular weight excluding hydrogens is 292 g/mol. The summed E-state index contributed by atoms with van der Waals surface area (Å²) in [6, 6.07) is 12.0. The maximum absolute atomic E-state index is 9.15. The second-order valence-corrected chi connectivity index (χ2v) is 5.08. The van der Waals surface area contributed by atoms with Gasteiger partial charge in [0.2, 0.25) is 0 Å². The van der Waals surface area contributed by atoms with Crippen molar-refractivity contribution in [2.24, 2.45) is 0 Å². The Kier molecular flexibility index (Phi) is 4.33. The van der Waals surface area contributed by atoms with Crippen LogP contribution in [0.25, 0.3) is 0 Å². The first kappa shape index (κ1) is 13.1. The molecule has 0 amide bonds. The Hall–Kier alpha value is -1.39. The lowest BCUT2D eigenvalue weighted by Crippen LogP contribution is -2.18. The van der Waals surface area contributed by atoms with Crippen LogP contribution in [0, 0.1) is 0 Å². The molecule has 0 aliphatic carbocycles. The molecule has 1 heterocycles. The summed E-state index contributed by atoms with van der Waals surface area (Å²) in [4.78, 5) is 4.14. The van der Waals surface area contributed by atoms with Gasteiger partial charge in [0.05, 0.1) is 11.9 Å². The largest absolute Gasteiger partial charge is 0.506 e. The van der Waals surface area contributed by atoms with Crippen molar-refractivity contribution in [1.82, 2.24) is 10.3 Å². The van der Waals surface area contributed by atoms with E-state index < -0.39 is 0 Å². The summed E-state index contributed by atoms with van der Waals surface area (Å²) in [7, 11) is 0. The van der Waals surface area contributed by atoms with E-state index in [-0.39, 0.29) is 11.8 Å². The molecule has 2 aromatic rings. The molecule has 0 unspecified atom stereocenters. The van der Waals surface area contributed by atoms with E-state index in [2.05, 4.69) is 45.3 Å². The van der Waals surface area contributed by atoms with Crippen LogP contribution >= 0.6 is 15.9 Å². The molecule has 1 atom stereocenters. The highest BCUT2D eigenvalue weighted by atomic mass is 79.9. The van der Waals surface area contributed by atoms with Crippen LogP contribution in [0.4, 0.5) is 0 Å². The molecule has 4 heteroatoms. The Morgan fingerprint density at radius 2 is 1.94 bits per heavy atom. The van der Waals surface area contributed by atoms with Crippen LogP contribution in [-0.4, -0.2) is 10.1 Å². The standard InChI is InChI=1S/C14H15BrN2O/c1-10(11-2-4-12(15)5-3-11)16-8-13-6-7-14(18)9-17-13/h2-7,9-10,16,18H,8H2,1H3/t10-/m0/s1. The molecule has 1 aromatic heterocycles. The van der Waals surface area contributed by atoms with E-state index in [1.807, 2.05) is 18.2 Å². The summed E-state index contributed by atoms with van der Waals surface area (Å²) in [6.07, 6.45) is 1.46. The number of pyridine rings is 1. The number of hydrogen-bond donors (Lipinski definition) is 2. The van der Waals surface area contributed by atoms with Gasteiger partial charge in [-0.3, -0.25) is 4.98 Å². The van der Waals surface area contributed by atoms with Crippen LogP contribution in [0.15, 0.2) is 47.1 Å². The molecule has 0 saturated heterocycles. The van der Waals surface area contributed by atoms with E-state index in [0.29, 0.717) is 6.54 Å². The number of benzene rings is 1. The third kappa shape index (κ3) is 3.55. The van der Waals surface area contributed by atoms with Gasteiger partial charge in [0.1, 0.15) is 5.75 Å². The van der Waals surface area contributed by atoms with Crippen LogP contribution in [0.5, 0.6) is 5.75 Å². The normalized spacial score (nSPS) is 12.3. The summed E-state index contributed by atoms with van der Waals surface area (Å²) in [5.41, 5.74) is 2.15. The van der Waals surface area contributed by atoms with Crippen molar-refractivity contribution in [2.45, 2.75) is 19.5 Å².